The lowest BCUT2D eigenvalue weighted by Gasteiger charge is -2.32. The Labute approximate surface area is 164 Å². The van der Waals surface area contributed by atoms with E-state index in [-0.39, 0.29) is 11.8 Å². The van der Waals surface area contributed by atoms with Crippen molar-refractivity contribution < 1.29 is 9.53 Å². The number of rotatable bonds is 5. The number of carbonyl (C=O) groups excluding carboxylic acids is 1. The topological polar surface area (TPSA) is 83.5 Å². The van der Waals surface area contributed by atoms with Crippen LogP contribution in [-0.4, -0.2) is 60.5 Å². The fourth-order valence-electron chi connectivity index (χ4n) is 3.65. The number of aromatic nitrogens is 3. The Morgan fingerprint density at radius 2 is 1.71 bits per heavy atom. The van der Waals surface area contributed by atoms with Crippen LogP contribution in [0.2, 0.25) is 0 Å². The van der Waals surface area contributed by atoms with Gasteiger partial charge in [0.2, 0.25) is 5.91 Å². The van der Waals surface area contributed by atoms with Crippen LogP contribution in [0.5, 0.6) is 0 Å². The van der Waals surface area contributed by atoms with Gasteiger partial charge in [-0.05, 0) is 36.6 Å². The number of hydrogen-bond donors (Lipinski definition) is 1. The van der Waals surface area contributed by atoms with Crippen molar-refractivity contribution in [2.75, 3.05) is 49.2 Å². The Bertz CT molecular complexity index is 756. The average molecular weight is 382 g/mol. The highest BCUT2D eigenvalue weighted by Crippen LogP contribution is 2.23. The largest absolute Gasteiger partial charge is 0.378 e. The van der Waals surface area contributed by atoms with Gasteiger partial charge in [-0.1, -0.05) is 6.07 Å². The summed E-state index contributed by atoms with van der Waals surface area (Å²) in [7, 11) is 0. The Morgan fingerprint density at radius 3 is 2.32 bits per heavy atom. The maximum Gasteiger partial charge on any atom is 0.223 e. The van der Waals surface area contributed by atoms with Gasteiger partial charge in [0.25, 0.3) is 0 Å². The summed E-state index contributed by atoms with van der Waals surface area (Å²) in [6.07, 6.45) is 5.16. The van der Waals surface area contributed by atoms with Crippen molar-refractivity contribution in [1.29, 1.82) is 0 Å². The molecule has 4 rings (SSSR count). The predicted molar refractivity (Wildman–Crippen MR) is 106 cm³/mol. The molecule has 1 amide bonds. The maximum absolute atomic E-state index is 12.4. The van der Waals surface area contributed by atoms with E-state index in [0.29, 0.717) is 6.54 Å². The number of nitrogens with one attached hydrogen (secondary N) is 1. The second kappa shape index (κ2) is 8.97. The van der Waals surface area contributed by atoms with Crippen LogP contribution in [0.4, 0.5) is 11.6 Å². The molecule has 2 aromatic heterocycles. The Kier molecular flexibility index (Phi) is 5.96. The summed E-state index contributed by atoms with van der Waals surface area (Å²) in [5, 5.41) is 11.8. The van der Waals surface area contributed by atoms with Gasteiger partial charge in [-0.3, -0.25) is 9.78 Å². The number of pyridine rings is 1. The summed E-state index contributed by atoms with van der Waals surface area (Å²) in [6.45, 7) is 5.34. The second-order valence-corrected chi connectivity index (χ2v) is 7.19. The van der Waals surface area contributed by atoms with E-state index in [0.717, 1.165) is 69.4 Å². The third-order valence-electron chi connectivity index (χ3n) is 5.35. The van der Waals surface area contributed by atoms with Gasteiger partial charge in [-0.25, -0.2) is 0 Å². The smallest absolute Gasteiger partial charge is 0.223 e. The minimum atomic E-state index is 0.0495. The number of nitrogens with zero attached hydrogens (tertiary/aromatic N) is 5. The van der Waals surface area contributed by atoms with Crippen LogP contribution < -0.4 is 15.1 Å². The minimum Gasteiger partial charge on any atom is -0.378 e. The summed E-state index contributed by atoms with van der Waals surface area (Å²) in [5.41, 5.74) is 1.02. The third kappa shape index (κ3) is 4.56. The Morgan fingerprint density at radius 1 is 1.04 bits per heavy atom. The van der Waals surface area contributed by atoms with Gasteiger partial charge >= 0.3 is 0 Å². The highest BCUT2D eigenvalue weighted by molar-refractivity contribution is 5.79. The van der Waals surface area contributed by atoms with Crippen LogP contribution in [-0.2, 0) is 16.1 Å². The summed E-state index contributed by atoms with van der Waals surface area (Å²) in [5.74, 6) is 1.95. The number of morpholine rings is 1. The maximum atomic E-state index is 12.4. The standard InChI is InChI=1S/C20H26N6O2/c27-20(22-15-16-2-1-7-21-14-16)17-5-8-25(9-6-17)18-3-4-19(24-23-18)26-10-12-28-13-11-26/h1-4,7,14,17H,5-6,8-13,15H2,(H,22,27). The number of piperidine rings is 1. The van der Waals surface area contributed by atoms with Crippen LogP contribution in [0.15, 0.2) is 36.7 Å². The molecule has 0 saturated carbocycles. The van der Waals surface area contributed by atoms with Gasteiger partial charge in [0, 0.05) is 51.0 Å². The lowest BCUT2D eigenvalue weighted by Crippen LogP contribution is -2.41. The van der Waals surface area contributed by atoms with Crippen molar-refractivity contribution in [3.63, 3.8) is 0 Å². The number of carbonyl (C=O) groups is 1. The van der Waals surface area contributed by atoms with E-state index in [4.69, 9.17) is 4.74 Å². The van der Waals surface area contributed by atoms with E-state index in [2.05, 4.69) is 30.3 Å². The highest BCUT2D eigenvalue weighted by Gasteiger charge is 2.25. The fourth-order valence-corrected chi connectivity index (χ4v) is 3.65. The third-order valence-corrected chi connectivity index (χ3v) is 5.35. The summed E-state index contributed by atoms with van der Waals surface area (Å²) >= 11 is 0. The van der Waals surface area contributed by atoms with E-state index in [1.54, 1.807) is 12.4 Å². The molecule has 8 nitrogen and oxygen atoms in total. The van der Waals surface area contributed by atoms with E-state index in [9.17, 15) is 4.79 Å². The van der Waals surface area contributed by atoms with Gasteiger partial charge in [0.05, 0.1) is 13.2 Å². The molecule has 2 aliphatic rings. The quantitative estimate of drug-likeness (QED) is 0.833. The van der Waals surface area contributed by atoms with Gasteiger partial charge in [0.1, 0.15) is 0 Å². The molecule has 8 heteroatoms. The fraction of sp³-hybridized carbons (Fsp3) is 0.500. The van der Waals surface area contributed by atoms with E-state index < -0.39 is 0 Å². The molecule has 2 fully saturated rings. The minimum absolute atomic E-state index is 0.0495. The lowest BCUT2D eigenvalue weighted by molar-refractivity contribution is -0.125. The SMILES string of the molecule is O=C(NCc1cccnc1)C1CCN(c2ccc(N3CCOCC3)nn2)CC1. The monoisotopic (exact) mass is 382 g/mol. The van der Waals surface area contributed by atoms with Crippen molar-refractivity contribution in [2.45, 2.75) is 19.4 Å². The van der Waals surface area contributed by atoms with Gasteiger partial charge in [0.15, 0.2) is 11.6 Å². The molecule has 0 spiro atoms. The van der Waals surface area contributed by atoms with Gasteiger partial charge < -0.3 is 19.9 Å². The molecule has 0 radical (unpaired) electrons. The van der Waals surface area contributed by atoms with Crippen LogP contribution in [0.3, 0.4) is 0 Å². The molecule has 148 valence electrons. The van der Waals surface area contributed by atoms with Gasteiger partial charge in [-0.2, -0.15) is 0 Å². The normalized spacial score (nSPS) is 18.1. The van der Waals surface area contributed by atoms with E-state index >= 15 is 0 Å². The van der Waals surface area contributed by atoms with Crippen molar-refractivity contribution >= 4 is 17.5 Å². The molecule has 0 aliphatic carbocycles. The molecule has 0 atom stereocenters. The predicted octanol–water partition coefficient (Wildman–Crippen LogP) is 1.24. The molecule has 0 unspecified atom stereocenters. The van der Waals surface area contributed by atoms with Crippen LogP contribution in [0.1, 0.15) is 18.4 Å². The zero-order chi connectivity index (χ0) is 19.2. The van der Waals surface area contributed by atoms with Crippen LogP contribution in [0.25, 0.3) is 0 Å². The number of amides is 1. The molecule has 4 heterocycles. The molecule has 2 aromatic rings. The molecular weight excluding hydrogens is 356 g/mol. The van der Waals surface area contributed by atoms with Gasteiger partial charge in [-0.15, -0.1) is 10.2 Å². The van der Waals surface area contributed by atoms with Crippen LogP contribution in [0, 0.1) is 5.92 Å². The Hall–Kier alpha value is -2.74. The van der Waals surface area contributed by atoms with Crippen molar-refractivity contribution in [1.82, 2.24) is 20.5 Å². The van der Waals surface area contributed by atoms with Crippen molar-refractivity contribution in [2.24, 2.45) is 5.92 Å². The average Bonchev–Trinajstić information content (AvgIpc) is 2.79. The molecule has 28 heavy (non-hydrogen) atoms. The first-order valence-corrected chi connectivity index (χ1v) is 9.87. The van der Waals surface area contributed by atoms with E-state index in [1.807, 2.05) is 24.3 Å². The summed E-state index contributed by atoms with van der Waals surface area (Å²) < 4.78 is 5.38. The first kappa shape index (κ1) is 18.6. The first-order chi connectivity index (χ1) is 13.8. The number of ether oxygens (including phenoxy) is 1. The summed E-state index contributed by atoms with van der Waals surface area (Å²) in [6, 6.07) is 7.90. The Balaban J connectivity index is 1.26. The zero-order valence-corrected chi connectivity index (χ0v) is 16.0. The highest BCUT2D eigenvalue weighted by atomic mass is 16.5. The van der Waals surface area contributed by atoms with Crippen molar-refractivity contribution in [3.8, 4) is 0 Å². The van der Waals surface area contributed by atoms with Crippen molar-refractivity contribution in [3.05, 3.63) is 42.2 Å². The molecule has 2 saturated heterocycles. The lowest BCUT2D eigenvalue weighted by atomic mass is 9.96. The number of hydrogen-bond acceptors (Lipinski definition) is 7. The zero-order valence-electron chi connectivity index (χ0n) is 16.0. The van der Waals surface area contributed by atoms with Crippen LogP contribution >= 0.6 is 0 Å². The first-order valence-electron chi connectivity index (χ1n) is 9.87. The molecule has 0 aromatic carbocycles. The summed E-state index contributed by atoms with van der Waals surface area (Å²) in [4.78, 5) is 20.9. The molecule has 2 aliphatic heterocycles. The molecular formula is C20H26N6O2. The molecule has 0 bridgehead atoms. The second-order valence-electron chi connectivity index (χ2n) is 7.19. The van der Waals surface area contributed by atoms with E-state index in [1.165, 1.54) is 0 Å². The number of anilines is 2. The molecule has 1 N–H and O–H groups in total.